The van der Waals surface area contributed by atoms with Gasteiger partial charge in [0.05, 0.1) is 5.02 Å². The van der Waals surface area contributed by atoms with Crippen LogP contribution in [0.3, 0.4) is 0 Å². The third-order valence-corrected chi connectivity index (χ3v) is 5.72. The molecule has 0 radical (unpaired) electrons. The van der Waals surface area contributed by atoms with Gasteiger partial charge in [0, 0.05) is 4.47 Å². The molecular formula is C18H14BrClN2O5S. The number of hydrogen-bond acceptors (Lipinski definition) is 5. The number of nitrogens with one attached hydrogen (secondary N) is 2. The van der Waals surface area contributed by atoms with Crippen molar-refractivity contribution in [1.82, 2.24) is 10.3 Å². The van der Waals surface area contributed by atoms with Crippen LogP contribution in [0.1, 0.15) is 16.3 Å². The Labute approximate surface area is 174 Å². The summed E-state index contributed by atoms with van der Waals surface area (Å²) >= 11 is 9.13. The molecule has 2 aromatic carbocycles. The van der Waals surface area contributed by atoms with Gasteiger partial charge in [0.25, 0.3) is 10.0 Å². The van der Waals surface area contributed by atoms with E-state index in [-0.39, 0.29) is 22.3 Å². The Hall–Kier alpha value is -2.33. The molecule has 1 heterocycles. The summed E-state index contributed by atoms with van der Waals surface area (Å²) in [5.41, 5.74) is 2.08. The smallest absolute Gasteiger partial charge is 0.301 e. The molecule has 10 heteroatoms. The molecule has 146 valence electrons. The molecule has 0 fully saturated rings. The van der Waals surface area contributed by atoms with Crippen LogP contribution in [0.2, 0.25) is 5.02 Å². The van der Waals surface area contributed by atoms with Crippen molar-refractivity contribution in [2.45, 2.75) is 11.5 Å². The second-order valence-electron chi connectivity index (χ2n) is 5.50. The van der Waals surface area contributed by atoms with Gasteiger partial charge in [0.2, 0.25) is 0 Å². The first kappa shape index (κ1) is 20.4. The lowest BCUT2D eigenvalue weighted by Crippen LogP contribution is -2.41. The molecule has 0 unspecified atom stereocenters. The van der Waals surface area contributed by atoms with Crippen LogP contribution in [0, 0.1) is 0 Å². The van der Waals surface area contributed by atoms with Crippen LogP contribution < -0.4 is 15.0 Å². The number of rotatable bonds is 7. The predicted molar refractivity (Wildman–Crippen MR) is 106 cm³/mol. The van der Waals surface area contributed by atoms with Gasteiger partial charge in [-0.25, -0.2) is 8.42 Å². The number of sulfonamides is 1. The number of benzene rings is 2. The van der Waals surface area contributed by atoms with Gasteiger partial charge >= 0.3 is 5.91 Å². The van der Waals surface area contributed by atoms with E-state index in [0.29, 0.717) is 16.0 Å². The maximum Gasteiger partial charge on any atom is 0.301 e. The first-order valence-corrected chi connectivity index (χ1v) is 10.5. The molecule has 0 aliphatic carbocycles. The van der Waals surface area contributed by atoms with Crippen LogP contribution in [0.4, 0.5) is 0 Å². The molecule has 0 spiro atoms. The molecule has 3 aromatic rings. The van der Waals surface area contributed by atoms with Gasteiger partial charge in [0.1, 0.15) is 23.0 Å². The zero-order valence-corrected chi connectivity index (χ0v) is 17.3. The predicted octanol–water partition coefficient (Wildman–Crippen LogP) is 3.90. The summed E-state index contributed by atoms with van der Waals surface area (Å²) in [7, 11) is -4.05. The number of hydrazine groups is 1. The van der Waals surface area contributed by atoms with Crippen LogP contribution in [0.5, 0.6) is 5.75 Å². The van der Waals surface area contributed by atoms with Gasteiger partial charge in [-0.05, 0) is 42.5 Å². The Balaban J connectivity index is 1.60. The first-order chi connectivity index (χ1) is 13.3. The van der Waals surface area contributed by atoms with Gasteiger partial charge in [-0.2, -0.15) is 0 Å². The quantitative estimate of drug-likeness (QED) is 0.495. The summed E-state index contributed by atoms with van der Waals surface area (Å²) in [6, 6.07) is 16.4. The third kappa shape index (κ3) is 5.14. The number of ether oxygens (including phenoxy) is 1. The number of carbonyl (C=O) groups is 1. The van der Waals surface area contributed by atoms with Gasteiger partial charge in [-0.3, -0.25) is 10.2 Å². The Morgan fingerprint density at radius 3 is 2.57 bits per heavy atom. The van der Waals surface area contributed by atoms with Crippen LogP contribution in [0.15, 0.2) is 74.4 Å². The summed E-state index contributed by atoms with van der Waals surface area (Å²) in [6.45, 7) is 0.123. The standard InChI is InChI=1S/C18H14BrClN2O5S/c19-12-6-9-17(15(20)10-12)28(24,25)22-21-18(23)16-8-7-14(27-16)11-26-13-4-2-1-3-5-13/h1-10,22H,11H2,(H,21,23). The van der Waals surface area contributed by atoms with Crippen LogP contribution in [0.25, 0.3) is 0 Å². The lowest BCUT2D eigenvalue weighted by Gasteiger charge is -2.09. The fraction of sp³-hybridized carbons (Fsp3) is 0.0556. The SMILES string of the molecule is O=C(NNS(=O)(=O)c1ccc(Br)cc1Cl)c1ccc(COc2ccccc2)o1. The van der Waals surface area contributed by atoms with Crippen molar-refractivity contribution < 1.29 is 22.4 Å². The summed E-state index contributed by atoms with van der Waals surface area (Å²) < 4.78 is 36.1. The summed E-state index contributed by atoms with van der Waals surface area (Å²) in [5, 5.41) is 0.00877. The van der Waals surface area contributed by atoms with E-state index in [1.54, 1.807) is 18.2 Å². The van der Waals surface area contributed by atoms with Gasteiger partial charge in [-0.15, -0.1) is 4.83 Å². The molecule has 1 amide bonds. The molecular weight excluding hydrogens is 472 g/mol. The highest BCUT2D eigenvalue weighted by atomic mass is 79.9. The lowest BCUT2D eigenvalue weighted by molar-refractivity contribution is 0.0913. The highest BCUT2D eigenvalue weighted by Crippen LogP contribution is 2.24. The molecule has 0 aliphatic rings. The van der Waals surface area contributed by atoms with Gasteiger partial charge in [0.15, 0.2) is 5.76 Å². The molecule has 2 N–H and O–H groups in total. The monoisotopic (exact) mass is 484 g/mol. The fourth-order valence-electron chi connectivity index (χ4n) is 2.17. The molecule has 7 nitrogen and oxygen atoms in total. The second-order valence-corrected chi connectivity index (χ2v) is 8.48. The average Bonchev–Trinajstić information content (AvgIpc) is 3.14. The van der Waals surface area contributed by atoms with Crippen molar-refractivity contribution in [3.05, 3.63) is 81.7 Å². The molecule has 0 saturated carbocycles. The molecule has 0 atom stereocenters. The number of amides is 1. The van der Waals surface area contributed by atoms with Gasteiger partial charge in [-0.1, -0.05) is 45.7 Å². The van der Waals surface area contributed by atoms with Gasteiger partial charge < -0.3 is 9.15 Å². The average molecular weight is 486 g/mol. The van der Waals surface area contributed by atoms with E-state index in [9.17, 15) is 13.2 Å². The highest BCUT2D eigenvalue weighted by molar-refractivity contribution is 9.10. The van der Waals surface area contributed by atoms with Crippen molar-refractivity contribution in [3.8, 4) is 5.75 Å². The minimum atomic E-state index is -4.05. The maximum absolute atomic E-state index is 12.3. The van der Waals surface area contributed by atoms with E-state index < -0.39 is 15.9 Å². The van der Waals surface area contributed by atoms with E-state index in [0.717, 1.165) is 0 Å². The van der Waals surface area contributed by atoms with E-state index in [4.69, 9.17) is 20.8 Å². The summed E-state index contributed by atoms with van der Waals surface area (Å²) in [5.74, 6) is 0.232. The van der Waals surface area contributed by atoms with E-state index >= 15 is 0 Å². The third-order valence-electron chi connectivity index (χ3n) is 3.49. The minimum absolute atomic E-state index is 0.00877. The Kier molecular flexibility index (Phi) is 6.40. The summed E-state index contributed by atoms with van der Waals surface area (Å²) in [6.07, 6.45) is 0. The lowest BCUT2D eigenvalue weighted by atomic mass is 10.3. The maximum atomic E-state index is 12.3. The molecule has 1 aromatic heterocycles. The van der Waals surface area contributed by atoms with Crippen molar-refractivity contribution in [2.24, 2.45) is 0 Å². The van der Waals surface area contributed by atoms with Crippen molar-refractivity contribution in [2.75, 3.05) is 0 Å². The number of furan rings is 1. The fourth-order valence-corrected chi connectivity index (χ4v) is 4.05. The molecule has 0 bridgehead atoms. The normalized spacial score (nSPS) is 11.2. The molecule has 0 aliphatic heterocycles. The Morgan fingerprint density at radius 1 is 1.11 bits per heavy atom. The number of carbonyl (C=O) groups excluding carboxylic acids is 1. The summed E-state index contributed by atoms with van der Waals surface area (Å²) in [4.78, 5) is 13.9. The van der Waals surface area contributed by atoms with E-state index in [2.05, 4.69) is 21.4 Å². The van der Waals surface area contributed by atoms with Crippen LogP contribution in [-0.2, 0) is 16.6 Å². The topological polar surface area (TPSA) is 97.6 Å². The molecule has 0 saturated heterocycles. The molecule has 3 rings (SSSR count). The van der Waals surface area contributed by atoms with Crippen LogP contribution >= 0.6 is 27.5 Å². The zero-order chi connectivity index (χ0) is 20.1. The zero-order valence-electron chi connectivity index (χ0n) is 14.2. The number of para-hydroxylation sites is 1. The largest absolute Gasteiger partial charge is 0.486 e. The molecule has 28 heavy (non-hydrogen) atoms. The van der Waals surface area contributed by atoms with E-state index in [1.165, 1.54) is 24.3 Å². The van der Waals surface area contributed by atoms with Crippen molar-refractivity contribution in [1.29, 1.82) is 0 Å². The number of hydrogen-bond donors (Lipinski definition) is 2. The Bertz CT molecular complexity index is 1090. The van der Waals surface area contributed by atoms with Crippen molar-refractivity contribution in [3.63, 3.8) is 0 Å². The Morgan fingerprint density at radius 2 is 1.86 bits per heavy atom. The van der Waals surface area contributed by atoms with E-state index in [1.807, 2.05) is 23.0 Å². The first-order valence-electron chi connectivity index (χ1n) is 7.89. The van der Waals surface area contributed by atoms with Crippen molar-refractivity contribution >= 4 is 43.5 Å². The highest BCUT2D eigenvalue weighted by Gasteiger charge is 2.20. The number of halogens is 2. The second kappa shape index (κ2) is 8.78. The minimum Gasteiger partial charge on any atom is -0.486 e. The van der Waals surface area contributed by atoms with Crippen LogP contribution in [-0.4, -0.2) is 14.3 Å².